The van der Waals surface area contributed by atoms with Gasteiger partial charge in [0.2, 0.25) is 0 Å². The zero-order valence-corrected chi connectivity index (χ0v) is 11.0. The van der Waals surface area contributed by atoms with Gasteiger partial charge in [0.15, 0.2) is 0 Å². The second-order valence-corrected chi connectivity index (χ2v) is 4.73. The van der Waals surface area contributed by atoms with Crippen LogP contribution in [0.2, 0.25) is 0 Å². The molecule has 0 aromatic rings. The molecule has 0 aliphatic carbocycles. The fraction of sp³-hybridized carbons (Fsp3) is 1.00. The summed E-state index contributed by atoms with van der Waals surface area (Å²) in [5, 5.41) is 6.89. The van der Waals surface area contributed by atoms with Crippen LogP contribution < -0.4 is 10.6 Å². The zero-order chi connectivity index (χ0) is 11.7. The Kier molecular flexibility index (Phi) is 9.06. The number of hydrogen-bond donors (Lipinski definition) is 2. The van der Waals surface area contributed by atoms with Crippen molar-refractivity contribution >= 4 is 0 Å². The Morgan fingerprint density at radius 1 is 1.07 bits per heavy atom. The SMILES string of the molecule is COCCNCC(C)NCC(C)C(C)C. The van der Waals surface area contributed by atoms with Crippen molar-refractivity contribution in [3.05, 3.63) is 0 Å². The summed E-state index contributed by atoms with van der Waals surface area (Å²) in [6, 6.07) is 0.531. The van der Waals surface area contributed by atoms with Crippen LogP contribution in [-0.4, -0.2) is 39.4 Å². The Morgan fingerprint density at radius 3 is 2.27 bits per heavy atom. The van der Waals surface area contributed by atoms with Crippen LogP contribution in [0.15, 0.2) is 0 Å². The van der Waals surface area contributed by atoms with Gasteiger partial charge in [-0.05, 0) is 25.3 Å². The third-order valence-corrected chi connectivity index (χ3v) is 2.86. The van der Waals surface area contributed by atoms with Crippen LogP contribution in [0.1, 0.15) is 27.7 Å². The minimum absolute atomic E-state index is 0.531. The zero-order valence-electron chi connectivity index (χ0n) is 11.0. The van der Waals surface area contributed by atoms with E-state index in [4.69, 9.17) is 4.74 Å². The monoisotopic (exact) mass is 216 g/mol. The molecule has 2 unspecified atom stereocenters. The molecule has 92 valence electrons. The van der Waals surface area contributed by atoms with Gasteiger partial charge in [-0.25, -0.2) is 0 Å². The molecule has 0 saturated carbocycles. The van der Waals surface area contributed by atoms with Gasteiger partial charge in [-0.1, -0.05) is 20.8 Å². The quantitative estimate of drug-likeness (QED) is 0.573. The van der Waals surface area contributed by atoms with Crippen molar-refractivity contribution < 1.29 is 4.74 Å². The Labute approximate surface area is 95.0 Å². The molecular weight excluding hydrogens is 188 g/mol. The summed E-state index contributed by atoms with van der Waals surface area (Å²) < 4.78 is 4.97. The van der Waals surface area contributed by atoms with Crippen molar-refractivity contribution in [1.29, 1.82) is 0 Å². The van der Waals surface area contributed by atoms with Crippen molar-refractivity contribution in [1.82, 2.24) is 10.6 Å². The minimum atomic E-state index is 0.531. The number of methoxy groups -OCH3 is 1. The highest BCUT2D eigenvalue weighted by molar-refractivity contribution is 4.67. The summed E-state index contributed by atoms with van der Waals surface area (Å²) in [6.07, 6.45) is 0. The van der Waals surface area contributed by atoms with E-state index in [1.54, 1.807) is 7.11 Å². The predicted octanol–water partition coefficient (Wildman–Crippen LogP) is 1.49. The lowest BCUT2D eigenvalue weighted by molar-refractivity contribution is 0.198. The maximum absolute atomic E-state index is 4.97. The van der Waals surface area contributed by atoms with Crippen LogP contribution in [0.25, 0.3) is 0 Å². The predicted molar refractivity (Wildman–Crippen MR) is 66.2 cm³/mol. The molecule has 0 bridgehead atoms. The molecular formula is C12H28N2O. The molecule has 0 fully saturated rings. The topological polar surface area (TPSA) is 33.3 Å². The van der Waals surface area contributed by atoms with E-state index in [-0.39, 0.29) is 0 Å². The highest BCUT2D eigenvalue weighted by atomic mass is 16.5. The number of ether oxygens (including phenoxy) is 1. The first-order valence-electron chi connectivity index (χ1n) is 6.01. The lowest BCUT2D eigenvalue weighted by atomic mass is 9.98. The summed E-state index contributed by atoms with van der Waals surface area (Å²) in [4.78, 5) is 0. The van der Waals surface area contributed by atoms with E-state index in [0.29, 0.717) is 6.04 Å². The van der Waals surface area contributed by atoms with Crippen LogP contribution in [0.3, 0.4) is 0 Å². The van der Waals surface area contributed by atoms with Crippen molar-refractivity contribution in [2.75, 3.05) is 33.4 Å². The highest BCUT2D eigenvalue weighted by Gasteiger charge is 2.08. The van der Waals surface area contributed by atoms with E-state index in [9.17, 15) is 0 Å². The lowest BCUT2D eigenvalue weighted by Gasteiger charge is -2.20. The summed E-state index contributed by atoms with van der Waals surface area (Å²) in [5.41, 5.74) is 0. The van der Waals surface area contributed by atoms with E-state index < -0.39 is 0 Å². The van der Waals surface area contributed by atoms with Crippen LogP contribution in [0, 0.1) is 11.8 Å². The first kappa shape index (κ1) is 14.9. The average molecular weight is 216 g/mol. The fourth-order valence-corrected chi connectivity index (χ4v) is 1.19. The van der Waals surface area contributed by atoms with Crippen molar-refractivity contribution in [2.45, 2.75) is 33.7 Å². The summed E-state index contributed by atoms with van der Waals surface area (Å²) >= 11 is 0. The number of hydrogen-bond acceptors (Lipinski definition) is 3. The Bertz CT molecular complexity index is 140. The van der Waals surface area contributed by atoms with Gasteiger partial charge in [-0.15, -0.1) is 0 Å². The standard InChI is InChI=1S/C12H28N2O/c1-10(2)11(3)8-14-12(4)9-13-6-7-15-5/h10-14H,6-9H2,1-5H3. The highest BCUT2D eigenvalue weighted by Crippen LogP contribution is 2.07. The van der Waals surface area contributed by atoms with Gasteiger partial charge in [0.1, 0.15) is 0 Å². The molecule has 0 aromatic heterocycles. The first-order chi connectivity index (χ1) is 7.07. The van der Waals surface area contributed by atoms with E-state index >= 15 is 0 Å². The summed E-state index contributed by atoms with van der Waals surface area (Å²) in [7, 11) is 1.73. The molecule has 3 heteroatoms. The van der Waals surface area contributed by atoms with Gasteiger partial charge in [0.25, 0.3) is 0 Å². The van der Waals surface area contributed by atoms with Gasteiger partial charge >= 0.3 is 0 Å². The molecule has 2 N–H and O–H groups in total. The molecule has 0 heterocycles. The third-order valence-electron chi connectivity index (χ3n) is 2.86. The molecule has 15 heavy (non-hydrogen) atoms. The Morgan fingerprint density at radius 2 is 1.73 bits per heavy atom. The second-order valence-electron chi connectivity index (χ2n) is 4.73. The molecule has 0 rings (SSSR count). The molecule has 0 aromatic carbocycles. The molecule has 0 spiro atoms. The van der Waals surface area contributed by atoms with Crippen molar-refractivity contribution in [3.8, 4) is 0 Å². The van der Waals surface area contributed by atoms with E-state index in [1.165, 1.54) is 0 Å². The normalized spacial score (nSPS) is 15.6. The molecule has 2 atom stereocenters. The first-order valence-corrected chi connectivity index (χ1v) is 6.01. The largest absolute Gasteiger partial charge is 0.383 e. The second kappa shape index (κ2) is 9.13. The fourth-order valence-electron chi connectivity index (χ4n) is 1.19. The minimum Gasteiger partial charge on any atom is -0.383 e. The third kappa shape index (κ3) is 8.85. The number of rotatable bonds is 9. The van der Waals surface area contributed by atoms with Crippen molar-refractivity contribution in [3.63, 3.8) is 0 Å². The van der Waals surface area contributed by atoms with Crippen LogP contribution in [-0.2, 0) is 4.74 Å². The van der Waals surface area contributed by atoms with Gasteiger partial charge in [-0.2, -0.15) is 0 Å². The van der Waals surface area contributed by atoms with Gasteiger partial charge in [-0.3, -0.25) is 0 Å². The van der Waals surface area contributed by atoms with Crippen LogP contribution in [0.4, 0.5) is 0 Å². The molecule has 3 nitrogen and oxygen atoms in total. The van der Waals surface area contributed by atoms with E-state index in [0.717, 1.165) is 38.1 Å². The number of nitrogens with one attached hydrogen (secondary N) is 2. The maximum atomic E-state index is 4.97. The van der Waals surface area contributed by atoms with Gasteiger partial charge < -0.3 is 15.4 Å². The van der Waals surface area contributed by atoms with Crippen LogP contribution in [0.5, 0.6) is 0 Å². The maximum Gasteiger partial charge on any atom is 0.0587 e. The lowest BCUT2D eigenvalue weighted by Crippen LogP contribution is -2.39. The van der Waals surface area contributed by atoms with Gasteiger partial charge in [0.05, 0.1) is 6.61 Å². The smallest absolute Gasteiger partial charge is 0.0587 e. The molecule has 0 aliphatic heterocycles. The molecule has 0 saturated heterocycles. The Balaban J connectivity index is 3.36. The van der Waals surface area contributed by atoms with Gasteiger partial charge in [0, 0.05) is 26.2 Å². The average Bonchev–Trinajstić information content (AvgIpc) is 2.20. The molecule has 0 radical (unpaired) electrons. The summed E-state index contributed by atoms with van der Waals surface area (Å²) in [5.74, 6) is 1.50. The van der Waals surface area contributed by atoms with Crippen LogP contribution >= 0.6 is 0 Å². The van der Waals surface area contributed by atoms with E-state index in [2.05, 4.69) is 38.3 Å². The Hall–Kier alpha value is -0.120. The van der Waals surface area contributed by atoms with Crippen molar-refractivity contribution in [2.24, 2.45) is 11.8 Å². The molecule has 0 amide bonds. The molecule has 0 aliphatic rings. The van der Waals surface area contributed by atoms with E-state index in [1.807, 2.05) is 0 Å². The summed E-state index contributed by atoms with van der Waals surface area (Å²) in [6.45, 7) is 12.9.